The van der Waals surface area contributed by atoms with E-state index in [0.717, 1.165) is 5.56 Å². The molecule has 128 valence electrons. The van der Waals surface area contributed by atoms with Gasteiger partial charge in [-0.3, -0.25) is 15.1 Å². The van der Waals surface area contributed by atoms with E-state index in [0.29, 0.717) is 27.7 Å². The number of hydrogen-bond acceptors (Lipinski definition) is 6. The van der Waals surface area contributed by atoms with Crippen molar-refractivity contribution in [3.63, 3.8) is 0 Å². The quantitative estimate of drug-likeness (QED) is 0.896. The van der Waals surface area contributed by atoms with Gasteiger partial charge in [0.25, 0.3) is 5.91 Å². The number of hydrogen-bond donors (Lipinski definition) is 1. The van der Waals surface area contributed by atoms with Crippen LogP contribution in [0.5, 0.6) is 0 Å². The molecular formula is C19H15N5OS. The van der Waals surface area contributed by atoms with Crippen molar-refractivity contribution in [3.8, 4) is 12.1 Å². The second-order valence-electron chi connectivity index (χ2n) is 5.87. The maximum absolute atomic E-state index is 12.5. The number of rotatable bonds is 3. The van der Waals surface area contributed by atoms with Gasteiger partial charge in [0.15, 0.2) is 5.13 Å². The third-order valence-corrected chi connectivity index (χ3v) is 4.94. The standard InChI is InChI=1S/C19H15N5OS/c1-11-15(9-20)17(16(10-21)12(2)23-11)13-4-3-5-14(8-13)18(25)24-19-22-6-7-26-19/h3-8,15,17H,1-2H3,(H,22,24,25). The molecule has 1 aromatic carbocycles. The molecule has 1 amide bonds. The van der Waals surface area contributed by atoms with Crippen LogP contribution in [-0.4, -0.2) is 16.6 Å². The van der Waals surface area contributed by atoms with Gasteiger partial charge in [-0.2, -0.15) is 10.5 Å². The van der Waals surface area contributed by atoms with Gasteiger partial charge in [-0.25, -0.2) is 4.98 Å². The van der Waals surface area contributed by atoms with Gasteiger partial charge in [-0.1, -0.05) is 12.1 Å². The molecule has 2 aromatic rings. The first-order valence-corrected chi connectivity index (χ1v) is 8.79. The molecule has 0 radical (unpaired) electrons. The molecule has 6 nitrogen and oxygen atoms in total. The van der Waals surface area contributed by atoms with E-state index < -0.39 is 11.8 Å². The zero-order valence-electron chi connectivity index (χ0n) is 14.2. The van der Waals surface area contributed by atoms with Crippen LogP contribution in [0, 0.1) is 28.6 Å². The molecule has 2 unspecified atom stereocenters. The molecule has 0 fully saturated rings. The predicted octanol–water partition coefficient (Wildman–Crippen LogP) is 3.89. The Hall–Kier alpha value is -3.29. The highest BCUT2D eigenvalue weighted by molar-refractivity contribution is 7.13. The van der Waals surface area contributed by atoms with Crippen LogP contribution in [0.25, 0.3) is 0 Å². The number of benzene rings is 1. The number of carbonyl (C=O) groups is 1. The first kappa shape index (κ1) is 17.5. The van der Waals surface area contributed by atoms with Crippen molar-refractivity contribution < 1.29 is 4.79 Å². The molecule has 1 aliphatic rings. The van der Waals surface area contributed by atoms with Crippen molar-refractivity contribution in [1.29, 1.82) is 10.5 Å². The molecular weight excluding hydrogens is 346 g/mol. The van der Waals surface area contributed by atoms with Crippen LogP contribution in [0.3, 0.4) is 0 Å². The Kier molecular flexibility index (Phi) is 4.92. The minimum Gasteiger partial charge on any atom is -0.298 e. The minimum atomic E-state index is -0.536. The van der Waals surface area contributed by atoms with Crippen LogP contribution in [0.2, 0.25) is 0 Å². The fourth-order valence-corrected chi connectivity index (χ4v) is 3.56. The van der Waals surface area contributed by atoms with Gasteiger partial charge in [0, 0.05) is 28.8 Å². The first-order valence-electron chi connectivity index (χ1n) is 7.91. The summed E-state index contributed by atoms with van der Waals surface area (Å²) in [5.74, 6) is -1.25. The van der Waals surface area contributed by atoms with E-state index in [-0.39, 0.29) is 5.91 Å². The van der Waals surface area contributed by atoms with Crippen LogP contribution >= 0.6 is 11.3 Å². The van der Waals surface area contributed by atoms with E-state index in [1.807, 2.05) is 6.07 Å². The molecule has 0 saturated carbocycles. The number of nitriles is 2. The Morgan fingerprint density at radius 2 is 2.12 bits per heavy atom. The second kappa shape index (κ2) is 7.30. The van der Waals surface area contributed by atoms with Gasteiger partial charge >= 0.3 is 0 Å². The number of anilines is 1. The molecule has 1 aromatic heterocycles. The maximum Gasteiger partial charge on any atom is 0.257 e. The highest BCUT2D eigenvalue weighted by Crippen LogP contribution is 2.38. The largest absolute Gasteiger partial charge is 0.298 e. The highest BCUT2D eigenvalue weighted by atomic mass is 32.1. The van der Waals surface area contributed by atoms with Gasteiger partial charge in [-0.05, 0) is 31.5 Å². The summed E-state index contributed by atoms with van der Waals surface area (Å²) in [4.78, 5) is 20.8. The third kappa shape index (κ3) is 3.26. The van der Waals surface area contributed by atoms with Crippen LogP contribution in [0.1, 0.15) is 35.7 Å². The Labute approximate surface area is 155 Å². The zero-order chi connectivity index (χ0) is 18.7. The molecule has 2 atom stereocenters. The summed E-state index contributed by atoms with van der Waals surface area (Å²) in [6, 6.07) is 11.4. The van der Waals surface area contributed by atoms with Gasteiger partial charge in [0.05, 0.1) is 29.3 Å². The summed E-state index contributed by atoms with van der Waals surface area (Å²) >= 11 is 1.33. The summed E-state index contributed by atoms with van der Waals surface area (Å²) in [7, 11) is 0. The number of nitrogens with zero attached hydrogens (tertiary/aromatic N) is 4. The van der Waals surface area contributed by atoms with E-state index in [9.17, 15) is 15.3 Å². The van der Waals surface area contributed by atoms with Gasteiger partial charge in [0.2, 0.25) is 0 Å². The van der Waals surface area contributed by atoms with Gasteiger partial charge in [-0.15, -0.1) is 11.3 Å². The Bertz CT molecular complexity index is 992. The average molecular weight is 361 g/mol. The monoisotopic (exact) mass is 361 g/mol. The van der Waals surface area contributed by atoms with Crippen molar-refractivity contribution in [1.82, 2.24) is 4.98 Å². The fourth-order valence-electron chi connectivity index (χ4n) is 3.03. The smallest absolute Gasteiger partial charge is 0.257 e. The molecule has 0 spiro atoms. The number of allylic oxidation sites excluding steroid dienone is 2. The average Bonchev–Trinajstić information content (AvgIpc) is 3.14. The lowest BCUT2D eigenvalue weighted by molar-refractivity contribution is 0.102. The van der Waals surface area contributed by atoms with Crippen LogP contribution in [0.4, 0.5) is 5.13 Å². The van der Waals surface area contributed by atoms with E-state index in [4.69, 9.17) is 0 Å². The van der Waals surface area contributed by atoms with Crippen molar-refractivity contribution in [2.45, 2.75) is 19.8 Å². The maximum atomic E-state index is 12.5. The molecule has 1 aliphatic heterocycles. The molecule has 2 heterocycles. The Morgan fingerprint density at radius 3 is 2.77 bits per heavy atom. The van der Waals surface area contributed by atoms with Crippen molar-refractivity contribution in [2.24, 2.45) is 10.9 Å². The molecule has 0 saturated heterocycles. The van der Waals surface area contributed by atoms with Crippen molar-refractivity contribution in [2.75, 3.05) is 5.32 Å². The highest BCUT2D eigenvalue weighted by Gasteiger charge is 2.34. The predicted molar refractivity (Wildman–Crippen MR) is 99.8 cm³/mol. The fraction of sp³-hybridized carbons (Fsp3) is 0.211. The normalized spacial score (nSPS) is 19.3. The number of aliphatic imine (C=N–C) groups is 1. The number of carbonyl (C=O) groups excluding carboxylic acids is 1. The zero-order valence-corrected chi connectivity index (χ0v) is 15.0. The molecule has 0 aliphatic carbocycles. The summed E-state index contributed by atoms with van der Waals surface area (Å²) in [6.07, 6.45) is 1.62. The number of thiazole rings is 1. The van der Waals surface area contributed by atoms with Crippen LogP contribution in [0.15, 0.2) is 52.1 Å². The lowest BCUT2D eigenvalue weighted by atomic mass is 9.76. The lowest BCUT2D eigenvalue weighted by Crippen LogP contribution is -2.25. The lowest BCUT2D eigenvalue weighted by Gasteiger charge is -2.27. The van der Waals surface area contributed by atoms with Crippen LogP contribution in [-0.2, 0) is 0 Å². The molecule has 7 heteroatoms. The van der Waals surface area contributed by atoms with Crippen molar-refractivity contribution >= 4 is 28.1 Å². The number of nitrogens with one attached hydrogen (secondary N) is 1. The van der Waals surface area contributed by atoms with Gasteiger partial charge in [0.1, 0.15) is 0 Å². The molecule has 1 N–H and O–H groups in total. The number of aromatic nitrogens is 1. The first-order chi connectivity index (χ1) is 12.5. The summed E-state index contributed by atoms with van der Waals surface area (Å²) < 4.78 is 0. The van der Waals surface area contributed by atoms with Gasteiger partial charge < -0.3 is 0 Å². The SMILES string of the molecule is CC1=NC(C)=C(C#N)C(c2cccc(C(=O)Nc3nccs3)c2)C1C#N. The molecule has 26 heavy (non-hydrogen) atoms. The van der Waals surface area contributed by atoms with E-state index in [1.165, 1.54) is 11.3 Å². The topological polar surface area (TPSA) is 102 Å². The summed E-state index contributed by atoms with van der Waals surface area (Å²) in [5, 5.41) is 24.2. The second-order valence-corrected chi connectivity index (χ2v) is 6.76. The summed E-state index contributed by atoms with van der Waals surface area (Å²) in [5.41, 5.74) is 2.93. The van der Waals surface area contributed by atoms with E-state index >= 15 is 0 Å². The van der Waals surface area contributed by atoms with E-state index in [1.54, 1.807) is 43.6 Å². The molecule has 0 bridgehead atoms. The third-order valence-electron chi connectivity index (χ3n) is 4.25. The van der Waals surface area contributed by atoms with E-state index in [2.05, 4.69) is 27.4 Å². The van der Waals surface area contributed by atoms with Crippen molar-refractivity contribution in [3.05, 3.63) is 58.2 Å². The Balaban J connectivity index is 1.99. The number of amides is 1. The summed E-state index contributed by atoms with van der Waals surface area (Å²) in [6.45, 7) is 3.55. The van der Waals surface area contributed by atoms with Crippen LogP contribution < -0.4 is 5.32 Å². The Morgan fingerprint density at radius 1 is 1.31 bits per heavy atom. The molecule has 3 rings (SSSR count). The minimum absolute atomic E-state index is 0.282.